The molecule has 23 heavy (non-hydrogen) atoms. The molecule has 0 radical (unpaired) electrons. The van der Waals surface area contributed by atoms with Gasteiger partial charge in [0.05, 0.1) is 5.92 Å². The Labute approximate surface area is 137 Å². The van der Waals surface area contributed by atoms with Crippen LogP contribution in [0.4, 0.5) is 4.39 Å². The summed E-state index contributed by atoms with van der Waals surface area (Å²) in [7, 11) is 0. The van der Waals surface area contributed by atoms with Crippen molar-refractivity contribution in [2.45, 2.75) is 19.3 Å². The number of piperidine rings is 1. The summed E-state index contributed by atoms with van der Waals surface area (Å²) in [6.07, 6.45) is 4.32. The fourth-order valence-corrected chi connectivity index (χ4v) is 3.19. The van der Waals surface area contributed by atoms with Gasteiger partial charge in [-0.25, -0.2) is 4.39 Å². The first-order valence-electron chi connectivity index (χ1n) is 8.03. The number of carbonyl (C=O) groups is 1. The Morgan fingerprint density at radius 2 is 2.17 bits per heavy atom. The van der Waals surface area contributed by atoms with E-state index in [2.05, 4.69) is 23.4 Å². The van der Waals surface area contributed by atoms with Gasteiger partial charge in [-0.15, -0.1) is 13.2 Å². The molecule has 0 saturated carbocycles. The topological polar surface area (TPSA) is 32.3 Å². The number of aryl methyl sites for hydroxylation is 1. The van der Waals surface area contributed by atoms with Crippen molar-refractivity contribution < 1.29 is 9.18 Å². The van der Waals surface area contributed by atoms with E-state index in [0.717, 1.165) is 31.6 Å². The number of nitrogens with zero attached hydrogens (tertiary/aromatic N) is 1. The summed E-state index contributed by atoms with van der Waals surface area (Å²) < 4.78 is 13.5. The molecule has 1 fully saturated rings. The number of rotatable bonds is 6. The van der Waals surface area contributed by atoms with Crippen molar-refractivity contribution in [3.8, 4) is 0 Å². The highest BCUT2D eigenvalue weighted by atomic mass is 19.1. The molecule has 1 N–H and O–H groups in total. The molecular weight excluding hydrogens is 291 g/mol. The van der Waals surface area contributed by atoms with E-state index < -0.39 is 0 Å². The van der Waals surface area contributed by atoms with Gasteiger partial charge in [-0.3, -0.25) is 9.69 Å². The second-order valence-corrected chi connectivity index (χ2v) is 6.18. The minimum Gasteiger partial charge on any atom is -0.352 e. The zero-order chi connectivity index (χ0) is 16.8. The van der Waals surface area contributed by atoms with Gasteiger partial charge in [-0.1, -0.05) is 24.3 Å². The molecule has 124 valence electrons. The molecule has 1 heterocycles. The summed E-state index contributed by atoms with van der Waals surface area (Å²) in [6, 6.07) is 5.25. The maximum absolute atomic E-state index is 13.5. The minimum absolute atomic E-state index is 0.0579. The molecule has 3 nitrogen and oxygen atoms in total. The molecule has 0 aromatic heterocycles. The van der Waals surface area contributed by atoms with Crippen molar-refractivity contribution in [3.05, 3.63) is 60.5 Å². The number of halogens is 1. The average molecular weight is 316 g/mol. The number of benzene rings is 1. The van der Waals surface area contributed by atoms with E-state index in [-0.39, 0.29) is 23.6 Å². The fraction of sp³-hybridized carbons (Fsp3) is 0.421. The number of carbonyl (C=O) groups excluding carboxylic acids is 1. The van der Waals surface area contributed by atoms with Gasteiger partial charge in [0, 0.05) is 26.2 Å². The summed E-state index contributed by atoms with van der Waals surface area (Å²) >= 11 is 0. The quantitative estimate of drug-likeness (QED) is 0.818. The van der Waals surface area contributed by atoms with Gasteiger partial charge < -0.3 is 5.32 Å². The van der Waals surface area contributed by atoms with Crippen LogP contribution >= 0.6 is 0 Å². The molecule has 0 aliphatic carbocycles. The molecular formula is C19H25FN2O. The number of likely N-dealkylation sites (tertiary alicyclic amines) is 1. The normalized spacial score (nSPS) is 21.7. The lowest BCUT2D eigenvalue weighted by molar-refractivity contribution is -0.126. The summed E-state index contributed by atoms with van der Waals surface area (Å²) in [5.41, 5.74) is 1.75. The SMILES string of the molecule is C=CCNC(=O)C1CC(c2ccc(F)c(C)c2)CN(CC=C)C1. The van der Waals surface area contributed by atoms with Crippen LogP contribution in [0.2, 0.25) is 0 Å². The Morgan fingerprint density at radius 3 is 2.83 bits per heavy atom. The standard InChI is InChI=1S/C19H25FN2O/c1-4-8-21-19(23)17-11-16(12-22(13-17)9-5-2)15-6-7-18(20)14(3)10-15/h4-7,10,16-17H,1-2,8-9,11-13H2,3H3,(H,21,23). The van der Waals surface area contributed by atoms with Crippen molar-refractivity contribution in [3.63, 3.8) is 0 Å². The molecule has 2 unspecified atom stereocenters. The van der Waals surface area contributed by atoms with E-state index in [1.165, 1.54) is 6.07 Å². The Bertz CT molecular complexity index is 585. The lowest BCUT2D eigenvalue weighted by Crippen LogP contribution is -2.45. The second kappa shape index (κ2) is 8.06. The first-order valence-corrected chi connectivity index (χ1v) is 8.03. The van der Waals surface area contributed by atoms with Gasteiger partial charge >= 0.3 is 0 Å². The smallest absolute Gasteiger partial charge is 0.224 e. The number of nitrogens with one attached hydrogen (secondary N) is 1. The minimum atomic E-state index is -0.187. The zero-order valence-electron chi connectivity index (χ0n) is 13.7. The Kier molecular flexibility index (Phi) is 6.11. The summed E-state index contributed by atoms with van der Waals surface area (Å²) in [5, 5.41) is 2.89. The molecule has 2 atom stereocenters. The predicted molar refractivity (Wildman–Crippen MR) is 91.8 cm³/mol. The largest absolute Gasteiger partial charge is 0.352 e. The van der Waals surface area contributed by atoms with Gasteiger partial charge in [0.2, 0.25) is 5.91 Å². The van der Waals surface area contributed by atoms with E-state index >= 15 is 0 Å². The van der Waals surface area contributed by atoms with Gasteiger partial charge in [0.25, 0.3) is 0 Å². The zero-order valence-corrected chi connectivity index (χ0v) is 13.7. The maximum atomic E-state index is 13.5. The maximum Gasteiger partial charge on any atom is 0.224 e. The van der Waals surface area contributed by atoms with Crippen LogP contribution in [0.1, 0.15) is 23.5 Å². The summed E-state index contributed by atoms with van der Waals surface area (Å²) in [6.45, 7) is 12.0. The van der Waals surface area contributed by atoms with Crippen LogP contribution in [-0.4, -0.2) is 37.0 Å². The van der Waals surface area contributed by atoms with E-state index in [4.69, 9.17) is 0 Å². The molecule has 1 amide bonds. The molecule has 2 rings (SSSR count). The molecule has 1 saturated heterocycles. The van der Waals surface area contributed by atoms with Gasteiger partial charge in [-0.2, -0.15) is 0 Å². The van der Waals surface area contributed by atoms with E-state index in [1.807, 2.05) is 18.2 Å². The van der Waals surface area contributed by atoms with Gasteiger partial charge in [-0.05, 0) is 36.5 Å². The van der Waals surface area contributed by atoms with Gasteiger partial charge in [0.15, 0.2) is 0 Å². The van der Waals surface area contributed by atoms with Crippen molar-refractivity contribution >= 4 is 5.91 Å². The Balaban J connectivity index is 2.17. The molecule has 4 heteroatoms. The number of hydrogen-bond donors (Lipinski definition) is 1. The summed E-state index contributed by atoms with van der Waals surface area (Å²) in [5.74, 6) is 0.0248. The van der Waals surface area contributed by atoms with E-state index in [0.29, 0.717) is 12.1 Å². The van der Waals surface area contributed by atoms with Crippen LogP contribution < -0.4 is 5.32 Å². The fourth-order valence-electron chi connectivity index (χ4n) is 3.19. The Morgan fingerprint density at radius 1 is 1.39 bits per heavy atom. The third-order valence-electron chi connectivity index (χ3n) is 4.36. The lowest BCUT2D eigenvalue weighted by Gasteiger charge is -2.37. The highest BCUT2D eigenvalue weighted by Gasteiger charge is 2.31. The van der Waals surface area contributed by atoms with Crippen LogP contribution in [-0.2, 0) is 4.79 Å². The predicted octanol–water partition coefficient (Wildman–Crippen LogP) is 3.03. The average Bonchev–Trinajstić information content (AvgIpc) is 2.55. The molecule has 1 aromatic carbocycles. The van der Waals surface area contributed by atoms with Crippen molar-refractivity contribution in [1.82, 2.24) is 10.2 Å². The highest BCUT2D eigenvalue weighted by Crippen LogP contribution is 2.31. The first-order chi connectivity index (χ1) is 11.0. The third kappa shape index (κ3) is 4.52. The number of amides is 1. The van der Waals surface area contributed by atoms with Crippen LogP contribution in [0.3, 0.4) is 0 Å². The van der Waals surface area contributed by atoms with Crippen molar-refractivity contribution in [1.29, 1.82) is 0 Å². The van der Waals surface area contributed by atoms with Crippen LogP contribution in [0.5, 0.6) is 0 Å². The molecule has 1 aromatic rings. The van der Waals surface area contributed by atoms with Crippen LogP contribution in [0.15, 0.2) is 43.5 Å². The number of hydrogen-bond acceptors (Lipinski definition) is 2. The molecule has 0 spiro atoms. The molecule has 1 aliphatic rings. The highest BCUT2D eigenvalue weighted by molar-refractivity contribution is 5.79. The van der Waals surface area contributed by atoms with Gasteiger partial charge in [0.1, 0.15) is 5.82 Å². The van der Waals surface area contributed by atoms with Crippen molar-refractivity contribution in [2.75, 3.05) is 26.2 Å². The first kappa shape index (κ1) is 17.4. The second-order valence-electron chi connectivity index (χ2n) is 6.18. The third-order valence-corrected chi connectivity index (χ3v) is 4.36. The van der Waals surface area contributed by atoms with E-state index in [9.17, 15) is 9.18 Å². The summed E-state index contributed by atoms with van der Waals surface area (Å²) in [4.78, 5) is 14.6. The monoisotopic (exact) mass is 316 g/mol. The van der Waals surface area contributed by atoms with E-state index in [1.54, 1.807) is 13.0 Å². The van der Waals surface area contributed by atoms with Crippen LogP contribution in [0.25, 0.3) is 0 Å². The molecule has 0 bridgehead atoms. The Hall–Kier alpha value is -1.94. The molecule has 1 aliphatic heterocycles. The van der Waals surface area contributed by atoms with Crippen LogP contribution in [0, 0.1) is 18.7 Å². The lowest BCUT2D eigenvalue weighted by atomic mass is 9.83. The van der Waals surface area contributed by atoms with Crippen molar-refractivity contribution in [2.24, 2.45) is 5.92 Å².